The number of carboxylic acids is 1. The van der Waals surface area contributed by atoms with Gasteiger partial charge in [-0.2, -0.15) is 18.3 Å². The van der Waals surface area contributed by atoms with Crippen LogP contribution in [0, 0.1) is 23.6 Å². The fourth-order valence-corrected chi connectivity index (χ4v) is 5.73. The van der Waals surface area contributed by atoms with Gasteiger partial charge in [0.15, 0.2) is 5.78 Å². The van der Waals surface area contributed by atoms with Crippen molar-refractivity contribution >= 4 is 40.9 Å². The van der Waals surface area contributed by atoms with Crippen molar-refractivity contribution in [3.05, 3.63) is 51.0 Å². The van der Waals surface area contributed by atoms with Crippen molar-refractivity contribution < 1.29 is 37.1 Å². The zero-order valence-corrected chi connectivity index (χ0v) is 22.8. The number of hydrogen-bond donors (Lipinski definition) is 1. The summed E-state index contributed by atoms with van der Waals surface area (Å²) < 4.78 is 57.1. The number of Topliss-reactive ketones (excluding diaryl/α,β-unsaturated/α-hetero) is 1. The highest BCUT2D eigenvalue weighted by molar-refractivity contribution is 6.40. The van der Waals surface area contributed by atoms with E-state index in [1.165, 1.54) is 6.20 Å². The smallest absolute Gasteiger partial charge is 0.396 e. The van der Waals surface area contributed by atoms with Gasteiger partial charge >= 0.3 is 12.1 Å². The number of carboxylic acid groups (broad SMARTS) is 1. The number of aromatic nitrogens is 2. The lowest BCUT2D eigenvalue weighted by molar-refractivity contribution is -0.189. The summed E-state index contributed by atoms with van der Waals surface area (Å²) in [6.07, 6.45) is -1.95. The summed E-state index contributed by atoms with van der Waals surface area (Å²) in [7, 11) is 0. The molecule has 1 amide bonds. The number of hydrogen-bond acceptors (Lipinski definition) is 4. The Labute approximate surface area is 232 Å². The summed E-state index contributed by atoms with van der Waals surface area (Å²) in [4.78, 5) is 39.1. The Balaban J connectivity index is 1.62. The molecule has 1 aromatic heterocycles. The number of rotatable bonds is 8. The van der Waals surface area contributed by atoms with Crippen LogP contribution in [0.15, 0.2) is 18.3 Å². The van der Waals surface area contributed by atoms with Gasteiger partial charge < -0.3 is 10.0 Å². The number of carbonyl (C=O) groups excluding carboxylic acids is 2. The molecule has 0 bridgehead atoms. The molecule has 0 radical (unpaired) electrons. The van der Waals surface area contributed by atoms with E-state index in [9.17, 15) is 37.1 Å². The summed E-state index contributed by atoms with van der Waals surface area (Å²) in [5.74, 6) is -3.55. The third kappa shape index (κ3) is 5.52. The van der Waals surface area contributed by atoms with Crippen LogP contribution < -0.4 is 0 Å². The normalized spacial score (nSPS) is 22.4. The predicted octanol–water partition coefficient (Wildman–Crippen LogP) is 6.51. The van der Waals surface area contributed by atoms with Crippen LogP contribution in [0.4, 0.5) is 17.6 Å². The highest BCUT2D eigenvalue weighted by atomic mass is 35.5. The van der Waals surface area contributed by atoms with Crippen molar-refractivity contribution in [3.8, 4) is 0 Å². The average Bonchev–Trinajstić information content (AvgIpc) is 3.56. The van der Waals surface area contributed by atoms with Crippen molar-refractivity contribution in [2.45, 2.75) is 64.6 Å². The minimum Gasteiger partial charge on any atom is -0.481 e. The fourth-order valence-electron chi connectivity index (χ4n) is 5.15. The quantitative estimate of drug-likeness (QED) is 0.214. The second-order valence-electron chi connectivity index (χ2n) is 10.8. The predicted molar refractivity (Wildman–Crippen MR) is 135 cm³/mol. The van der Waals surface area contributed by atoms with Crippen LogP contribution in [-0.2, 0) is 4.79 Å². The molecule has 212 valence electrons. The summed E-state index contributed by atoms with van der Waals surface area (Å²) in [5.41, 5.74) is -3.01. The third-order valence-corrected chi connectivity index (χ3v) is 8.77. The van der Waals surface area contributed by atoms with E-state index in [2.05, 4.69) is 5.10 Å². The Morgan fingerprint density at radius 1 is 1.15 bits per heavy atom. The van der Waals surface area contributed by atoms with E-state index >= 15 is 0 Å². The van der Waals surface area contributed by atoms with Crippen LogP contribution in [-0.4, -0.2) is 56.7 Å². The van der Waals surface area contributed by atoms with E-state index < -0.39 is 64.2 Å². The summed E-state index contributed by atoms with van der Waals surface area (Å²) in [5, 5.41) is 13.0. The van der Waals surface area contributed by atoms with Gasteiger partial charge in [-0.3, -0.25) is 19.1 Å². The van der Waals surface area contributed by atoms with Crippen molar-refractivity contribution in [2.24, 2.45) is 10.8 Å². The standard InChI is InChI=1S/C26H27Cl2F4N3O4/c1-14-16(11-33-35(14)15-5-7-24(2,8-6-15)23(38)39)22(37)34(13-25(9-10-25)26(30,31)32)12-19(36)20-17(27)3-4-18(29)21(20)28/h3-4,11,15H,5-10,12-13H2,1-2H3,(H,38,39). The minimum atomic E-state index is -4.60. The van der Waals surface area contributed by atoms with Crippen LogP contribution >= 0.6 is 23.2 Å². The molecule has 2 fully saturated rings. The van der Waals surface area contributed by atoms with Crippen LogP contribution in [0.2, 0.25) is 10.0 Å². The molecule has 0 saturated heterocycles. The number of carbonyl (C=O) groups is 3. The Hall–Kier alpha value is -2.66. The van der Waals surface area contributed by atoms with E-state index in [1.54, 1.807) is 18.5 Å². The maximum atomic E-state index is 14.0. The van der Waals surface area contributed by atoms with Crippen LogP contribution in [0.5, 0.6) is 0 Å². The molecule has 4 rings (SSSR count). The number of ketones is 1. The lowest BCUT2D eigenvalue weighted by Gasteiger charge is -2.34. The van der Waals surface area contributed by atoms with Gasteiger partial charge in [-0.05, 0) is 64.5 Å². The topological polar surface area (TPSA) is 92.5 Å². The van der Waals surface area contributed by atoms with E-state index in [4.69, 9.17) is 23.2 Å². The molecule has 2 aromatic rings. The van der Waals surface area contributed by atoms with Gasteiger partial charge in [-0.1, -0.05) is 23.2 Å². The Kier molecular flexibility index (Phi) is 7.81. The van der Waals surface area contributed by atoms with Gasteiger partial charge in [0.1, 0.15) is 5.82 Å². The molecule has 0 unspecified atom stereocenters. The van der Waals surface area contributed by atoms with Gasteiger partial charge in [0, 0.05) is 12.2 Å². The van der Waals surface area contributed by atoms with E-state index in [0.717, 1.165) is 17.0 Å². The largest absolute Gasteiger partial charge is 0.481 e. The Bertz CT molecular complexity index is 1320. The number of amides is 1. The summed E-state index contributed by atoms with van der Waals surface area (Å²) in [6.45, 7) is 1.71. The molecule has 1 N–H and O–H groups in total. The maximum Gasteiger partial charge on any atom is 0.396 e. The first-order valence-electron chi connectivity index (χ1n) is 12.4. The van der Waals surface area contributed by atoms with E-state index in [0.29, 0.717) is 31.4 Å². The molecule has 0 spiro atoms. The number of halogens is 6. The van der Waals surface area contributed by atoms with E-state index in [1.807, 2.05) is 0 Å². The molecule has 7 nitrogen and oxygen atoms in total. The number of nitrogens with zero attached hydrogens (tertiary/aromatic N) is 3. The molecule has 2 aliphatic carbocycles. The third-order valence-electron chi connectivity index (χ3n) is 8.09. The SMILES string of the molecule is Cc1c(C(=O)N(CC(=O)c2c(Cl)ccc(F)c2Cl)CC2(C(F)(F)F)CC2)cnn1C1CCC(C)(C(=O)O)CC1. The zero-order valence-electron chi connectivity index (χ0n) is 21.2. The molecule has 13 heteroatoms. The van der Waals surface area contributed by atoms with Crippen molar-refractivity contribution in [3.63, 3.8) is 0 Å². The average molecular weight is 592 g/mol. The molecule has 2 saturated carbocycles. The van der Waals surface area contributed by atoms with Gasteiger partial charge in [-0.25, -0.2) is 4.39 Å². The molecule has 0 atom stereocenters. The molecular formula is C26H27Cl2F4N3O4. The lowest BCUT2D eigenvalue weighted by atomic mass is 9.74. The molecule has 1 heterocycles. The van der Waals surface area contributed by atoms with Crippen molar-refractivity contribution in [2.75, 3.05) is 13.1 Å². The van der Waals surface area contributed by atoms with Crippen LogP contribution in [0.25, 0.3) is 0 Å². The highest BCUT2D eigenvalue weighted by Gasteiger charge is 2.64. The second kappa shape index (κ2) is 10.4. The van der Waals surface area contributed by atoms with Crippen molar-refractivity contribution in [1.82, 2.24) is 14.7 Å². The second-order valence-corrected chi connectivity index (χ2v) is 11.6. The monoisotopic (exact) mass is 591 g/mol. The van der Waals surface area contributed by atoms with Gasteiger partial charge in [0.2, 0.25) is 0 Å². The Morgan fingerprint density at radius 2 is 1.77 bits per heavy atom. The fraction of sp³-hybridized carbons (Fsp3) is 0.538. The summed E-state index contributed by atoms with van der Waals surface area (Å²) in [6, 6.07) is 1.87. The highest BCUT2D eigenvalue weighted by Crippen LogP contribution is 2.58. The first-order valence-corrected chi connectivity index (χ1v) is 13.2. The van der Waals surface area contributed by atoms with Gasteiger partial charge in [0.05, 0.1) is 50.8 Å². The molecular weight excluding hydrogens is 565 g/mol. The first kappa shape index (κ1) is 29.3. The minimum absolute atomic E-state index is 0.0174. The Morgan fingerprint density at radius 3 is 2.31 bits per heavy atom. The number of alkyl halides is 3. The lowest BCUT2D eigenvalue weighted by Crippen LogP contribution is -2.44. The first-order chi connectivity index (χ1) is 18.1. The van der Waals surface area contributed by atoms with Crippen LogP contribution in [0.3, 0.4) is 0 Å². The number of aliphatic carboxylic acids is 1. The molecule has 1 aromatic carbocycles. The molecule has 2 aliphatic rings. The van der Waals surface area contributed by atoms with Crippen LogP contribution in [0.1, 0.15) is 77.9 Å². The van der Waals surface area contributed by atoms with Crippen molar-refractivity contribution in [1.29, 1.82) is 0 Å². The van der Waals surface area contributed by atoms with Gasteiger partial charge in [-0.15, -0.1) is 0 Å². The van der Waals surface area contributed by atoms with E-state index in [-0.39, 0.29) is 29.5 Å². The molecule has 39 heavy (non-hydrogen) atoms. The number of benzene rings is 1. The van der Waals surface area contributed by atoms with Gasteiger partial charge in [0.25, 0.3) is 5.91 Å². The molecule has 0 aliphatic heterocycles. The zero-order chi connectivity index (χ0) is 28.9. The summed E-state index contributed by atoms with van der Waals surface area (Å²) >= 11 is 12.0. The maximum absolute atomic E-state index is 14.0.